The fourth-order valence-electron chi connectivity index (χ4n) is 3.19. The summed E-state index contributed by atoms with van der Waals surface area (Å²) in [5.41, 5.74) is 2.05. The Hall–Kier alpha value is -2.16. The molecule has 0 radical (unpaired) electrons. The van der Waals surface area contributed by atoms with Crippen LogP contribution in [0.2, 0.25) is 0 Å². The predicted molar refractivity (Wildman–Crippen MR) is 85.1 cm³/mol. The molecule has 108 valence electrons. The van der Waals surface area contributed by atoms with Gasteiger partial charge in [-0.05, 0) is 30.0 Å². The second-order valence-corrected chi connectivity index (χ2v) is 5.62. The molecule has 0 unspecified atom stereocenters. The third-order valence-electron chi connectivity index (χ3n) is 4.36. The molecule has 1 heterocycles. The molecular formula is C18H19NO2. The van der Waals surface area contributed by atoms with E-state index >= 15 is 0 Å². The van der Waals surface area contributed by atoms with Crippen LogP contribution in [0.25, 0.3) is 12.2 Å². The number of carbonyl (C=O) groups excluding carboxylic acids is 1. The van der Waals surface area contributed by atoms with E-state index in [2.05, 4.69) is 18.2 Å². The molecule has 1 aromatic carbocycles. The maximum atomic E-state index is 12.3. The van der Waals surface area contributed by atoms with Crippen LogP contribution < -0.4 is 0 Å². The Bertz CT molecular complexity index is 637. The van der Waals surface area contributed by atoms with Crippen molar-refractivity contribution >= 4 is 24.0 Å². The Balaban J connectivity index is 2.05. The lowest BCUT2D eigenvalue weighted by Crippen LogP contribution is -2.35. The van der Waals surface area contributed by atoms with Gasteiger partial charge >= 0.3 is 5.97 Å². The monoisotopic (exact) mass is 281 g/mol. The lowest BCUT2D eigenvalue weighted by Gasteiger charge is -2.25. The first-order valence-electron chi connectivity index (χ1n) is 7.40. The van der Waals surface area contributed by atoms with Crippen molar-refractivity contribution in [2.24, 2.45) is 4.99 Å². The maximum Gasteiger partial charge on any atom is 0.340 e. The first-order chi connectivity index (χ1) is 10.2. The highest BCUT2D eigenvalue weighted by atomic mass is 16.6. The molecule has 2 aliphatic rings. The summed E-state index contributed by atoms with van der Waals surface area (Å²) in [4.78, 5) is 17.0. The summed E-state index contributed by atoms with van der Waals surface area (Å²) in [7, 11) is 0. The number of rotatable bonds is 3. The van der Waals surface area contributed by atoms with Gasteiger partial charge in [0, 0.05) is 5.56 Å². The summed E-state index contributed by atoms with van der Waals surface area (Å²) in [5.74, 6) is 0.233. The van der Waals surface area contributed by atoms with E-state index in [0.717, 1.165) is 42.4 Å². The Kier molecular flexibility index (Phi) is 3.50. The number of aliphatic imine (C=N–C) groups is 1. The molecule has 1 aliphatic heterocycles. The van der Waals surface area contributed by atoms with Crippen LogP contribution in [0.5, 0.6) is 0 Å². The number of benzene rings is 1. The molecule has 1 saturated carbocycles. The number of nitrogens with zero attached hydrogens (tertiary/aromatic N) is 1. The average Bonchev–Trinajstić information content (AvgIpc) is 2.83. The molecule has 3 nitrogen and oxygen atoms in total. The van der Waals surface area contributed by atoms with Crippen LogP contribution in [0.1, 0.15) is 48.8 Å². The smallest absolute Gasteiger partial charge is 0.340 e. The van der Waals surface area contributed by atoms with E-state index in [-0.39, 0.29) is 5.97 Å². The van der Waals surface area contributed by atoms with E-state index in [1.165, 1.54) is 6.42 Å². The molecule has 1 spiro atoms. The largest absolute Gasteiger partial charge is 0.405 e. The number of hydrogen-bond acceptors (Lipinski definition) is 3. The van der Waals surface area contributed by atoms with E-state index in [0.29, 0.717) is 5.90 Å². The van der Waals surface area contributed by atoms with Crippen molar-refractivity contribution in [2.75, 3.05) is 0 Å². The minimum absolute atomic E-state index is 0.198. The molecule has 0 N–H and O–H groups in total. The summed E-state index contributed by atoms with van der Waals surface area (Å²) < 4.78 is 5.51. The van der Waals surface area contributed by atoms with Gasteiger partial charge in [-0.25, -0.2) is 9.79 Å². The predicted octanol–water partition coefficient (Wildman–Crippen LogP) is 3.98. The van der Waals surface area contributed by atoms with Gasteiger partial charge in [0.05, 0.1) is 0 Å². The Labute approximate surface area is 125 Å². The van der Waals surface area contributed by atoms with Crippen molar-refractivity contribution in [1.82, 2.24) is 0 Å². The Morgan fingerprint density at radius 2 is 1.90 bits per heavy atom. The molecule has 0 bridgehead atoms. The third kappa shape index (κ3) is 2.23. The van der Waals surface area contributed by atoms with Crippen LogP contribution >= 0.6 is 0 Å². The number of hydrogen-bond donors (Lipinski definition) is 0. The van der Waals surface area contributed by atoms with Crippen LogP contribution in [0.15, 0.2) is 36.3 Å². The average molecular weight is 281 g/mol. The standard InChI is InChI=1S/C18H19NO2/c1-3-13-9-8-10-15(14(13)4-2)16-19-18(17(20)21-16)11-6-5-7-12-18/h3-4,8-10H,1-2,5-7,11-12H2. The first-order valence-corrected chi connectivity index (χ1v) is 7.40. The minimum Gasteiger partial charge on any atom is -0.405 e. The van der Waals surface area contributed by atoms with Crippen molar-refractivity contribution in [1.29, 1.82) is 0 Å². The second-order valence-electron chi connectivity index (χ2n) is 5.62. The van der Waals surface area contributed by atoms with E-state index in [4.69, 9.17) is 4.74 Å². The molecule has 3 heteroatoms. The Morgan fingerprint density at radius 3 is 2.57 bits per heavy atom. The fraction of sp³-hybridized carbons (Fsp3) is 0.333. The summed E-state index contributed by atoms with van der Waals surface area (Å²) >= 11 is 0. The van der Waals surface area contributed by atoms with Gasteiger partial charge in [0.1, 0.15) is 0 Å². The van der Waals surface area contributed by atoms with Crippen molar-refractivity contribution in [3.63, 3.8) is 0 Å². The third-order valence-corrected chi connectivity index (χ3v) is 4.36. The molecule has 0 amide bonds. The lowest BCUT2D eigenvalue weighted by molar-refractivity contribution is -0.140. The van der Waals surface area contributed by atoms with Crippen molar-refractivity contribution in [3.8, 4) is 0 Å². The van der Waals surface area contributed by atoms with Crippen LogP contribution in [0.3, 0.4) is 0 Å². The van der Waals surface area contributed by atoms with Crippen molar-refractivity contribution in [2.45, 2.75) is 37.6 Å². The quantitative estimate of drug-likeness (QED) is 0.786. The van der Waals surface area contributed by atoms with Crippen LogP contribution in [-0.4, -0.2) is 17.4 Å². The van der Waals surface area contributed by atoms with Gasteiger partial charge in [0.2, 0.25) is 5.90 Å². The normalized spacial score (nSPS) is 20.0. The molecule has 0 aromatic heterocycles. The highest BCUT2D eigenvalue weighted by Crippen LogP contribution is 2.37. The topological polar surface area (TPSA) is 38.7 Å². The van der Waals surface area contributed by atoms with Gasteiger partial charge in [-0.3, -0.25) is 0 Å². The van der Waals surface area contributed by atoms with Gasteiger partial charge in [0.25, 0.3) is 0 Å². The Morgan fingerprint density at radius 1 is 1.14 bits per heavy atom. The lowest BCUT2D eigenvalue weighted by atomic mass is 9.83. The molecule has 0 saturated heterocycles. The summed E-state index contributed by atoms with van der Waals surface area (Å²) in [6.45, 7) is 7.66. The molecule has 1 fully saturated rings. The molecule has 3 rings (SSSR count). The number of ether oxygens (including phenoxy) is 1. The molecule has 21 heavy (non-hydrogen) atoms. The van der Waals surface area contributed by atoms with E-state index in [1.807, 2.05) is 18.2 Å². The number of esters is 1. The van der Waals surface area contributed by atoms with Crippen LogP contribution in [-0.2, 0) is 9.53 Å². The van der Waals surface area contributed by atoms with E-state index in [9.17, 15) is 4.79 Å². The fourth-order valence-corrected chi connectivity index (χ4v) is 3.19. The number of carbonyl (C=O) groups is 1. The summed E-state index contributed by atoms with van der Waals surface area (Å²) in [6.07, 6.45) is 8.35. The zero-order chi connectivity index (χ0) is 14.9. The second kappa shape index (κ2) is 5.32. The number of cyclic esters (lactones) is 1. The van der Waals surface area contributed by atoms with Gasteiger partial charge in [0.15, 0.2) is 5.54 Å². The van der Waals surface area contributed by atoms with Gasteiger partial charge in [-0.1, -0.05) is 56.7 Å². The minimum atomic E-state index is -0.643. The molecule has 1 aromatic rings. The maximum absolute atomic E-state index is 12.3. The van der Waals surface area contributed by atoms with Crippen LogP contribution in [0, 0.1) is 0 Å². The van der Waals surface area contributed by atoms with Gasteiger partial charge < -0.3 is 4.74 Å². The van der Waals surface area contributed by atoms with Crippen molar-refractivity contribution < 1.29 is 9.53 Å². The molecule has 1 aliphatic carbocycles. The van der Waals surface area contributed by atoms with Crippen molar-refractivity contribution in [3.05, 3.63) is 48.0 Å². The zero-order valence-corrected chi connectivity index (χ0v) is 12.1. The highest BCUT2D eigenvalue weighted by molar-refractivity contribution is 6.10. The van der Waals surface area contributed by atoms with Gasteiger partial charge in [-0.2, -0.15) is 0 Å². The van der Waals surface area contributed by atoms with Gasteiger partial charge in [-0.15, -0.1) is 0 Å². The van der Waals surface area contributed by atoms with E-state index < -0.39 is 5.54 Å². The first kappa shape index (κ1) is 13.8. The molecular weight excluding hydrogens is 262 g/mol. The SMILES string of the molecule is C=Cc1cccc(C2=NC3(CCCCC3)C(=O)O2)c1C=C. The zero-order valence-electron chi connectivity index (χ0n) is 12.1. The van der Waals surface area contributed by atoms with E-state index in [1.54, 1.807) is 12.2 Å². The van der Waals surface area contributed by atoms with Crippen LogP contribution in [0.4, 0.5) is 0 Å². The summed E-state index contributed by atoms with van der Waals surface area (Å²) in [5, 5.41) is 0. The summed E-state index contributed by atoms with van der Waals surface area (Å²) in [6, 6.07) is 5.79. The molecule has 0 atom stereocenters. The highest BCUT2D eigenvalue weighted by Gasteiger charge is 2.46.